The first-order chi connectivity index (χ1) is 8.01. The Labute approximate surface area is 101 Å². The lowest BCUT2D eigenvalue weighted by atomic mass is 10.3. The summed E-state index contributed by atoms with van der Waals surface area (Å²) in [5.74, 6) is -0.135. The van der Waals surface area contributed by atoms with Gasteiger partial charge in [0.2, 0.25) is 0 Å². The smallest absolute Gasteiger partial charge is 0.274 e. The predicted molar refractivity (Wildman–Crippen MR) is 66.1 cm³/mol. The van der Waals surface area contributed by atoms with Crippen molar-refractivity contribution in [1.82, 2.24) is 14.7 Å². The lowest BCUT2D eigenvalue weighted by Crippen LogP contribution is -2.34. The van der Waals surface area contributed by atoms with Crippen molar-refractivity contribution in [3.8, 4) is 0 Å². The molecule has 0 fully saturated rings. The number of aromatic nitrogens is 2. The van der Waals surface area contributed by atoms with Crippen LogP contribution in [0.25, 0.3) is 0 Å². The molecule has 94 valence electrons. The molecule has 1 aromatic heterocycles. The third kappa shape index (κ3) is 2.93. The van der Waals surface area contributed by atoms with Gasteiger partial charge in [-0.1, -0.05) is 0 Å². The van der Waals surface area contributed by atoms with Gasteiger partial charge in [0.05, 0.1) is 6.04 Å². The lowest BCUT2D eigenvalue weighted by Gasteiger charge is -2.18. The Morgan fingerprint density at radius 1 is 1.35 bits per heavy atom. The van der Waals surface area contributed by atoms with E-state index in [4.69, 9.17) is 0 Å². The van der Waals surface area contributed by atoms with E-state index in [0.717, 1.165) is 0 Å². The number of carbonyl (C=O) groups is 1. The molecule has 0 aliphatic heterocycles. The molecular weight excluding hydrogens is 218 g/mol. The van der Waals surface area contributed by atoms with Gasteiger partial charge in [-0.15, -0.1) is 0 Å². The van der Waals surface area contributed by atoms with E-state index in [-0.39, 0.29) is 17.5 Å². The molecule has 0 aliphatic carbocycles. The Kier molecular flexibility index (Phi) is 4.43. The largest absolute Gasteiger partial charge is 0.338 e. The fraction of sp³-hybridized carbons (Fsp3) is 0.583. The highest BCUT2D eigenvalue weighted by molar-refractivity contribution is 5.92. The topological polar surface area (TPSA) is 55.2 Å². The maximum Gasteiger partial charge on any atom is 0.274 e. The van der Waals surface area contributed by atoms with Crippen LogP contribution < -0.4 is 5.56 Å². The fourth-order valence-corrected chi connectivity index (χ4v) is 1.58. The number of nitrogens with zero attached hydrogens (tertiary/aromatic N) is 3. The standard InChI is InChI=1S/C12H19N3O2/c1-5-14(6-2)12(17)10-7-8-11(16)15(13-10)9(3)4/h7-9H,5-6H2,1-4H3. The van der Waals surface area contributed by atoms with Crippen molar-refractivity contribution in [2.45, 2.75) is 33.7 Å². The Morgan fingerprint density at radius 3 is 2.41 bits per heavy atom. The van der Waals surface area contributed by atoms with Crippen LogP contribution in [0.2, 0.25) is 0 Å². The number of rotatable bonds is 4. The van der Waals surface area contributed by atoms with Crippen LogP contribution >= 0.6 is 0 Å². The summed E-state index contributed by atoms with van der Waals surface area (Å²) in [6.07, 6.45) is 0. The predicted octanol–water partition coefficient (Wildman–Crippen LogP) is 1.31. The Hall–Kier alpha value is -1.65. The average molecular weight is 237 g/mol. The minimum Gasteiger partial charge on any atom is -0.338 e. The molecule has 5 heteroatoms. The molecule has 0 aliphatic rings. The molecule has 0 saturated heterocycles. The highest BCUT2D eigenvalue weighted by Crippen LogP contribution is 2.02. The molecule has 1 heterocycles. The molecule has 1 amide bonds. The van der Waals surface area contributed by atoms with Crippen LogP contribution in [0.15, 0.2) is 16.9 Å². The zero-order valence-electron chi connectivity index (χ0n) is 10.8. The SMILES string of the molecule is CCN(CC)C(=O)c1ccc(=O)n(C(C)C)n1. The van der Waals surface area contributed by atoms with Crippen molar-refractivity contribution in [1.29, 1.82) is 0 Å². The summed E-state index contributed by atoms with van der Waals surface area (Å²) in [4.78, 5) is 25.2. The molecular formula is C12H19N3O2. The van der Waals surface area contributed by atoms with Crippen LogP contribution in [0.3, 0.4) is 0 Å². The first kappa shape index (κ1) is 13.4. The van der Waals surface area contributed by atoms with Gasteiger partial charge in [-0.05, 0) is 33.8 Å². The molecule has 1 rings (SSSR count). The van der Waals surface area contributed by atoms with Crippen LogP contribution in [0, 0.1) is 0 Å². The van der Waals surface area contributed by atoms with Gasteiger partial charge in [0.1, 0.15) is 5.69 Å². The highest BCUT2D eigenvalue weighted by Gasteiger charge is 2.15. The molecule has 0 atom stereocenters. The molecule has 0 N–H and O–H groups in total. The molecule has 0 spiro atoms. The second-order valence-electron chi connectivity index (χ2n) is 4.07. The number of hydrogen-bond acceptors (Lipinski definition) is 3. The second-order valence-corrected chi connectivity index (χ2v) is 4.07. The summed E-state index contributed by atoms with van der Waals surface area (Å²) in [6.45, 7) is 8.83. The summed E-state index contributed by atoms with van der Waals surface area (Å²) < 4.78 is 1.33. The van der Waals surface area contributed by atoms with Crippen molar-refractivity contribution in [2.24, 2.45) is 0 Å². The average Bonchev–Trinajstić information content (AvgIpc) is 2.30. The van der Waals surface area contributed by atoms with E-state index >= 15 is 0 Å². The van der Waals surface area contributed by atoms with Gasteiger partial charge in [-0.2, -0.15) is 5.10 Å². The van der Waals surface area contributed by atoms with Crippen molar-refractivity contribution in [3.63, 3.8) is 0 Å². The van der Waals surface area contributed by atoms with Crippen LogP contribution in [0.5, 0.6) is 0 Å². The van der Waals surface area contributed by atoms with Gasteiger partial charge < -0.3 is 4.90 Å². The number of amides is 1. The summed E-state index contributed by atoms with van der Waals surface area (Å²) in [6, 6.07) is 2.83. The lowest BCUT2D eigenvalue weighted by molar-refractivity contribution is 0.0764. The van der Waals surface area contributed by atoms with Crippen LogP contribution in [0.1, 0.15) is 44.2 Å². The van der Waals surface area contributed by atoms with E-state index in [1.54, 1.807) is 4.90 Å². The third-order valence-corrected chi connectivity index (χ3v) is 2.58. The highest BCUT2D eigenvalue weighted by atomic mass is 16.2. The molecule has 5 nitrogen and oxygen atoms in total. The first-order valence-electron chi connectivity index (χ1n) is 5.90. The fourth-order valence-electron chi connectivity index (χ4n) is 1.58. The van der Waals surface area contributed by atoms with Gasteiger partial charge in [-0.3, -0.25) is 9.59 Å². The van der Waals surface area contributed by atoms with Crippen molar-refractivity contribution < 1.29 is 4.79 Å². The molecule has 0 bridgehead atoms. The molecule has 17 heavy (non-hydrogen) atoms. The van der Waals surface area contributed by atoms with Gasteiger partial charge in [0.25, 0.3) is 11.5 Å². The van der Waals surface area contributed by atoms with E-state index in [1.165, 1.54) is 16.8 Å². The monoisotopic (exact) mass is 237 g/mol. The molecule has 0 aromatic carbocycles. The number of hydrogen-bond donors (Lipinski definition) is 0. The van der Waals surface area contributed by atoms with Crippen LogP contribution in [0.4, 0.5) is 0 Å². The first-order valence-corrected chi connectivity index (χ1v) is 5.90. The maximum absolute atomic E-state index is 12.0. The van der Waals surface area contributed by atoms with E-state index in [1.807, 2.05) is 27.7 Å². The van der Waals surface area contributed by atoms with E-state index in [9.17, 15) is 9.59 Å². The van der Waals surface area contributed by atoms with Gasteiger partial charge in [-0.25, -0.2) is 4.68 Å². The molecule has 0 radical (unpaired) electrons. The van der Waals surface area contributed by atoms with Crippen molar-refractivity contribution >= 4 is 5.91 Å². The summed E-state index contributed by atoms with van der Waals surface area (Å²) >= 11 is 0. The molecule has 0 saturated carbocycles. The third-order valence-electron chi connectivity index (χ3n) is 2.58. The molecule has 1 aromatic rings. The number of carbonyl (C=O) groups excluding carboxylic acids is 1. The summed E-state index contributed by atoms with van der Waals surface area (Å²) in [5, 5.41) is 4.10. The second kappa shape index (κ2) is 5.61. The minimum atomic E-state index is -0.184. The van der Waals surface area contributed by atoms with Crippen LogP contribution in [-0.2, 0) is 0 Å². The molecule has 0 unspecified atom stereocenters. The van der Waals surface area contributed by atoms with E-state index in [2.05, 4.69) is 5.10 Å². The van der Waals surface area contributed by atoms with Crippen molar-refractivity contribution in [3.05, 3.63) is 28.2 Å². The van der Waals surface area contributed by atoms with Gasteiger partial charge >= 0.3 is 0 Å². The minimum absolute atomic E-state index is 0.0491. The van der Waals surface area contributed by atoms with Gasteiger partial charge in [0.15, 0.2) is 0 Å². The van der Waals surface area contributed by atoms with Gasteiger partial charge in [0, 0.05) is 19.2 Å². The Balaban J connectivity index is 3.11. The van der Waals surface area contributed by atoms with Crippen molar-refractivity contribution in [2.75, 3.05) is 13.1 Å². The zero-order valence-corrected chi connectivity index (χ0v) is 10.8. The maximum atomic E-state index is 12.0. The van der Waals surface area contributed by atoms with E-state index in [0.29, 0.717) is 18.8 Å². The summed E-state index contributed by atoms with van der Waals surface area (Å²) in [7, 11) is 0. The normalized spacial score (nSPS) is 10.6. The van der Waals surface area contributed by atoms with E-state index < -0.39 is 0 Å². The van der Waals surface area contributed by atoms with Crippen LogP contribution in [-0.4, -0.2) is 33.7 Å². The Bertz CT molecular complexity index is 447. The Morgan fingerprint density at radius 2 is 1.94 bits per heavy atom. The summed E-state index contributed by atoms with van der Waals surface area (Å²) in [5.41, 5.74) is 0.137. The zero-order chi connectivity index (χ0) is 13.0. The quantitative estimate of drug-likeness (QED) is 0.793.